The number of aliphatic hydroxyl groups is 1. The number of rotatable bonds is 5. The highest BCUT2D eigenvalue weighted by Crippen LogP contribution is 2.15. The molecule has 0 spiro atoms. The number of pyridine rings is 1. The Kier molecular flexibility index (Phi) is 4.21. The molecule has 1 heterocycles. The SMILES string of the molecule is COCCOc1ccncc1CO. The molecule has 0 saturated carbocycles. The number of nitrogens with zero attached hydrogens (tertiary/aromatic N) is 1. The van der Waals surface area contributed by atoms with Gasteiger partial charge < -0.3 is 14.6 Å². The topological polar surface area (TPSA) is 51.6 Å². The van der Waals surface area contributed by atoms with Crippen LogP contribution in [0.2, 0.25) is 0 Å². The molecule has 72 valence electrons. The molecule has 0 amide bonds. The fourth-order valence-corrected chi connectivity index (χ4v) is 0.909. The van der Waals surface area contributed by atoms with E-state index in [1.165, 1.54) is 0 Å². The second-order valence-corrected chi connectivity index (χ2v) is 2.48. The summed E-state index contributed by atoms with van der Waals surface area (Å²) in [5.41, 5.74) is 0.693. The predicted molar refractivity (Wildman–Crippen MR) is 47.5 cm³/mol. The van der Waals surface area contributed by atoms with Crippen LogP contribution in [0, 0.1) is 0 Å². The van der Waals surface area contributed by atoms with E-state index < -0.39 is 0 Å². The third-order valence-electron chi connectivity index (χ3n) is 1.57. The van der Waals surface area contributed by atoms with Crippen molar-refractivity contribution in [2.24, 2.45) is 0 Å². The van der Waals surface area contributed by atoms with Gasteiger partial charge in [-0.05, 0) is 6.07 Å². The second-order valence-electron chi connectivity index (χ2n) is 2.48. The lowest BCUT2D eigenvalue weighted by molar-refractivity contribution is 0.144. The number of hydrogen-bond acceptors (Lipinski definition) is 4. The van der Waals surface area contributed by atoms with Crippen LogP contribution in [0.1, 0.15) is 5.56 Å². The highest BCUT2D eigenvalue weighted by atomic mass is 16.5. The van der Waals surface area contributed by atoms with E-state index in [0.29, 0.717) is 24.5 Å². The Bertz CT molecular complexity index is 252. The first-order valence-electron chi connectivity index (χ1n) is 4.04. The zero-order valence-electron chi connectivity index (χ0n) is 7.56. The van der Waals surface area contributed by atoms with Gasteiger partial charge >= 0.3 is 0 Å². The van der Waals surface area contributed by atoms with Crippen LogP contribution < -0.4 is 4.74 Å². The van der Waals surface area contributed by atoms with E-state index in [0.717, 1.165) is 0 Å². The van der Waals surface area contributed by atoms with Crippen LogP contribution in [0.25, 0.3) is 0 Å². The Morgan fingerprint density at radius 2 is 2.31 bits per heavy atom. The smallest absolute Gasteiger partial charge is 0.128 e. The summed E-state index contributed by atoms with van der Waals surface area (Å²) in [5, 5.41) is 8.92. The first-order chi connectivity index (χ1) is 6.38. The van der Waals surface area contributed by atoms with Crippen molar-refractivity contribution in [1.29, 1.82) is 0 Å². The number of aliphatic hydroxyl groups excluding tert-OH is 1. The van der Waals surface area contributed by atoms with Crippen LogP contribution in [0.3, 0.4) is 0 Å². The van der Waals surface area contributed by atoms with Gasteiger partial charge in [0.25, 0.3) is 0 Å². The van der Waals surface area contributed by atoms with Crippen molar-refractivity contribution in [1.82, 2.24) is 4.98 Å². The van der Waals surface area contributed by atoms with Crippen molar-refractivity contribution in [2.45, 2.75) is 6.61 Å². The zero-order valence-corrected chi connectivity index (χ0v) is 7.56. The maximum absolute atomic E-state index is 8.92. The predicted octanol–water partition coefficient (Wildman–Crippen LogP) is 0.599. The van der Waals surface area contributed by atoms with Gasteiger partial charge in [-0.3, -0.25) is 4.98 Å². The molecule has 0 fully saturated rings. The molecular formula is C9H13NO3. The third-order valence-corrected chi connectivity index (χ3v) is 1.57. The van der Waals surface area contributed by atoms with E-state index >= 15 is 0 Å². The third kappa shape index (κ3) is 3.01. The number of ether oxygens (including phenoxy) is 2. The molecule has 0 saturated heterocycles. The summed E-state index contributed by atoms with van der Waals surface area (Å²) in [6.07, 6.45) is 3.21. The number of methoxy groups -OCH3 is 1. The summed E-state index contributed by atoms with van der Waals surface area (Å²) in [7, 11) is 1.61. The van der Waals surface area contributed by atoms with E-state index in [4.69, 9.17) is 14.6 Å². The Hall–Kier alpha value is -1.13. The van der Waals surface area contributed by atoms with E-state index in [1.54, 1.807) is 25.6 Å². The summed E-state index contributed by atoms with van der Waals surface area (Å²) in [6.45, 7) is 0.955. The molecule has 4 nitrogen and oxygen atoms in total. The van der Waals surface area contributed by atoms with Gasteiger partial charge in [0.1, 0.15) is 12.4 Å². The van der Waals surface area contributed by atoms with Crippen molar-refractivity contribution in [3.8, 4) is 5.75 Å². The largest absolute Gasteiger partial charge is 0.491 e. The normalized spacial score (nSPS) is 10.0. The van der Waals surface area contributed by atoms with Gasteiger partial charge in [-0.15, -0.1) is 0 Å². The average Bonchev–Trinajstić information content (AvgIpc) is 2.19. The number of aromatic nitrogens is 1. The molecule has 0 bridgehead atoms. The Balaban J connectivity index is 2.54. The van der Waals surface area contributed by atoms with Crippen LogP contribution in [-0.2, 0) is 11.3 Å². The van der Waals surface area contributed by atoms with Crippen molar-refractivity contribution < 1.29 is 14.6 Å². The fraction of sp³-hybridized carbons (Fsp3) is 0.444. The molecule has 0 unspecified atom stereocenters. The average molecular weight is 183 g/mol. The summed E-state index contributed by atoms with van der Waals surface area (Å²) in [6, 6.07) is 1.72. The van der Waals surface area contributed by atoms with Crippen LogP contribution >= 0.6 is 0 Å². The van der Waals surface area contributed by atoms with Gasteiger partial charge in [0.15, 0.2) is 0 Å². The van der Waals surface area contributed by atoms with Crippen LogP contribution in [0.15, 0.2) is 18.5 Å². The molecule has 4 heteroatoms. The van der Waals surface area contributed by atoms with Gasteiger partial charge in [0.05, 0.1) is 13.2 Å². The minimum absolute atomic E-state index is 0.0594. The molecule has 1 N–H and O–H groups in total. The van der Waals surface area contributed by atoms with Crippen LogP contribution in [0.5, 0.6) is 5.75 Å². The van der Waals surface area contributed by atoms with E-state index in [-0.39, 0.29) is 6.61 Å². The molecule has 0 aliphatic carbocycles. The van der Waals surface area contributed by atoms with E-state index in [2.05, 4.69) is 4.98 Å². The minimum Gasteiger partial charge on any atom is -0.491 e. The molecule has 1 aromatic rings. The van der Waals surface area contributed by atoms with Gasteiger partial charge in [-0.2, -0.15) is 0 Å². The Morgan fingerprint density at radius 1 is 1.46 bits per heavy atom. The molecule has 1 rings (SSSR count). The van der Waals surface area contributed by atoms with Crippen LogP contribution in [0.4, 0.5) is 0 Å². The van der Waals surface area contributed by atoms with Crippen molar-refractivity contribution in [3.05, 3.63) is 24.0 Å². The van der Waals surface area contributed by atoms with Crippen molar-refractivity contribution in [3.63, 3.8) is 0 Å². The lowest BCUT2D eigenvalue weighted by Crippen LogP contribution is -2.06. The van der Waals surface area contributed by atoms with E-state index in [1.807, 2.05) is 0 Å². The van der Waals surface area contributed by atoms with Crippen molar-refractivity contribution in [2.75, 3.05) is 20.3 Å². The Morgan fingerprint density at radius 3 is 3.00 bits per heavy atom. The maximum atomic E-state index is 8.92. The molecule has 0 aliphatic heterocycles. The monoisotopic (exact) mass is 183 g/mol. The standard InChI is InChI=1S/C9H13NO3/c1-12-4-5-13-9-2-3-10-6-8(9)7-11/h2-3,6,11H,4-5,7H2,1H3. The van der Waals surface area contributed by atoms with Gasteiger partial charge in [-0.1, -0.05) is 0 Å². The molecule has 13 heavy (non-hydrogen) atoms. The summed E-state index contributed by atoms with van der Waals surface area (Å²) in [4.78, 5) is 3.87. The van der Waals surface area contributed by atoms with Crippen molar-refractivity contribution >= 4 is 0 Å². The first-order valence-corrected chi connectivity index (χ1v) is 4.04. The van der Waals surface area contributed by atoms with Gasteiger partial charge in [-0.25, -0.2) is 0 Å². The first kappa shape index (κ1) is 9.95. The molecular weight excluding hydrogens is 170 g/mol. The minimum atomic E-state index is -0.0594. The van der Waals surface area contributed by atoms with Crippen LogP contribution in [-0.4, -0.2) is 30.4 Å². The highest BCUT2D eigenvalue weighted by Gasteiger charge is 2.00. The summed E-state index contributed by atoms with van der Waals surface area (Å²) >= 11 is 0. The lowest BCUT2D eigenvalue weighted by Gasteiger charge is -2.08. The van der Waals surface area contributed by atoms with Gasteiger partial charge in [0.2, 0.25) is 0 Å². The summed E-state index contributed by atoms with van der Waals surface area (Å²) < 4.78 is 10.2. The highest BCUT2D eigenvalue weighted by molar-refractivity contribution is 5.29. The Labute approximate surface area is 77.1 Å². The second kappa shape index (κ2) is 5.50. The number of hydrogen-bond donors (Lipinski definition) is 1. The molecule has 0 aliphatic rings. The molecule has 0 aromatic carbocycles. The quantitative estimate of drug-likeness (QED) is 0.679. The fourth-order valence-electron chi connectivity index (χ4n) is 0.909. The molecule has 1 aromatic heterocycles. The van der Waals surface area contributed by atoms with E-state index in [9.17, 15) is 0 Å². The molecule has 0 radical (unpaired) electrons. The summed E-state index contributed by atoms with van der Waals surface area (Å²) in [5.74, 6) is 0.662. The lowest BCUT2D eigenvalue weighted by atomic mass is 10.3. The maximum Gasteiger partial charge on any atom is 0.128 e. The zero-order chi connectivity index (χ0) is 9.52. The molecule has 0 atom stereocenters. The van der Waals surface area contributed by atoms with Gasteiger partial charge in [0, 0.05) is 25.1 Å².